The number of nitrogens with one attached hydrogen (secondary N) is 1. The van der Waals surface area contributed by atoms with Crippen molar-refractivity contribution in [1.82, 2.24) is 20.5 Å². The van der Waals surface area contributed by atoms with Crippen molar-refractivity contribution in [2.75, 3.05) is 38.9 Å². The van der Waals surface area contributed by atoms with Crippen molar-refractivity contribution in [3.8, 4) is 0 Å². The van der Waals surface area contributed by atoms with Gasteiger partial charge in [0.25, 0.3) is 0 Å². The van der Waals surface area contributed by atoms with Crippen LogP contribution in [-0.4, -0.2) is 99.7 Å². The molecule has 0 aliphatic carbocycles. The number of rotatable bonds is 15. The van der Waals surface area contributed by atoms with Crippen LogP contribution < -0.4 is 5.48 Å². The number of fused-ring (bicyclic) bond motifs is 2. The molecule has 1 amide bonds. The van der Waals surface area contributed by atoms with Gasteiger partial charge in [-0.3, -0.25) is 20.0 Å². The van der Waals surface area contributed by atoms with Crippen LogP contribution in [0.5, 0.6) is 0 Å². The molecule has 0 saturated heterocycles. The number of aromatic nitrogens is 2. The summed E-state index contributed by atoms with van der Waals surface area (Å²) in [6.45, 7) is 0.0378. The molecule has 0 unspecified atom stereocenters. The molecule has 0 spiro atoms. The van der Waals surface area contributed by atoms with E-state index in [-0.39, 0.29) is 36.9 Å². The van der Waals surface area contributed by atoms with Crippen molar-refractivity contribution in [2.45, 2.75) is 23.6 Å². The zero-order valence-electron chi connectivity index (χ0n) is 24.3. The number of hydrogen-bond acceptors (Lipinski definition) is 12. The van der Waals surface area contributed by atoms with Gasteiger partial charge in [0.2, 0.25) is 6.41 Å². The normalized spacial score (nSPS) is 13.2. The Morgan fingerprint density at radius 3 is 1.75 bits per heavy atom. The lowest BCUT2D eigenvalue weighted by molar-refractivity contribution is -0.162. The number of nitrogens with zero attached hydrogens (tertiary/aromatic N) is 3. The molecule has 15 heteroatoms. The summed E-state index contributed by atoms with van der Waals surface area (Å²) in [7, 11) is -4.12. The van der Waals surface area contributed by atoms with Crippen LogP contribution in [-0.2, 0) is 45.4 Å². The summed E-state index contributed by atoms with van der Waals surface area (Å²) >= 11 is 0. The third kappa shape index (κ3) is 10.9. The number of amides is 1. The number of carbonyl (C=O) groups excluding carboxylic acids is 1. The number of ether oxygens (including phenoxy) is 2. The predicted octanol–water partition coefficient (Wildman–Crippen LogP) is 2.16. The number of pyridine rings is 2. The van der Waals surface area contributed by atoms with Crippen molar-refractivity contribution in [3.63, 3.8) is 0 Å². The molecule has 238 valence electrons. The number of para-hydroxylation sites is 2. The Balaban J connectivity index is 0.000000241. The molecule has 2 atom stereocenters. The largest absolute Gasteiger partial charge is 0.383 e. The van der Waals surface area contributed by atoms with Gasteiger partial charge < -0.3 is 14.7 Å². The zero-order valence-corrected chi connectivity index (χ0v) is 25.9. The highest BCUT2D eigenvalue weighted by Crippen LogP contribution is 2.17. The lowest BCUT2D eigenvalue weighted by atomic mass is 10.2. The quantitative estimate of drug-likeness (QED) is 0.0971. The van der Waals surface area contributed by atoms with Gasteiger partial charge in [-0.15, -0.1) is 0 Å². The zero-order chi connectivity index (χ0) is 32.2. The summed E-state index contributed by atoms with van der Waals surface area (Å²) in [4.78, 5) is 19.1. The summed E-state index contributed by atoms with van der Waals surface area (Å²) in [6, 6.07) is 16.9. The number of carbonyl (C=O) groups is 1. The van der Waals surface area contributed by atoms with Crippen molar-refractivity contribution in [3.05, 3.63) is 84.2 Å². The summed E-state index contributed by atoms with van der Waals surface area (Å²) in [6.07, 6.45) is 3.25. The Bertz CT molecular complexity index is 1740. The number of methoxy groups -OCH3 is 2. The lowest BCUT2D eigenvalue weighted by Gasteiger charge is -2.21. The van der Waals surface area contributed by atoms with E-state index in [0.717, 1.165) is 21.8 Å². The van der Waals surface area contributed by atoms with Crippen LogP contribution in [0, 0.1) is 0 Å². The van der Waals surface area contributed by atoms with Crippen molar-refractivity contribution < 1.29 is 41.5 Å². The SMILES string of the molecule is COC[C@@H](CS(=O)(=O)Cc1cnc2ccccc2c1)N(O)C=O.COC[C@@H](CS(=O)(=O)Cc1cnc2ccccc2c1)NO. The van der Waals surface area contributed by atoms with E-state index in [1.54, 1.807) is 12.3 Å². The fourth-order valence-corrected chi connectivity index (χ4v) is 7.61. The van der Waals surface area contributed by atoms with Crippen molar-refractivity contribution >= 4 is 47.9 Å². The second-order valence-corrected chi connectivity index (χ2v) is 14.3. The fraction of sp³-hybridized carbons (Fsp3) is 0.345. The second-order valence-electron chi connectivity index (χ2n) is 10.1. The predicted molar refractivity (Wildman–Crippen MR) is 164 cm³/mol. The standard InChI is InChI=1S/C15H18N2O5S.C14H18N2O4S/c1-22-8-14(17(19)11-18)10-23(20,21)9-12-6-13-4-2-3-5-15(13)16-7-12;1-20-8-13(16-17)10-21(18,19)9-11-6-12-4-2-3-5-14(12)15-7-11/h2-7,11,14,19H,8-10H2,1H3;2-7,13,16-17H,8-10H2,1H3/t14-;13-/m00/s1. The Morgan fingerprint density at radius 2 is 1.30 bits per heavy atom. The van der Waals surface area contributed by atoms with Crippen molar-refractivity contribution in [1.29, 1.82) is 0 Å². The molecule has 0 saturated carbocycles. The smallest absolute Gasteiger partial charge is 0.233 e. The van der Waals surface area contributed by atoms with Crippen LogP contribution in [0.15, 0.2) is 73.1 Å². The van der Waals surface area contributed by atoms with Gasteiger partial charge in [-0.05, 0) is 35.4 Å². The topological polar surface area (TPSA) is 185 Å². The molecular formula is C29H36N4O9S2. The summed E-state index contributed by atoms with van der Waals surface area (Å²) in [5.41, 5.74) is 4.75. The summed E-state index contributed by atoms with van der Waals surface area (Å²) in [5, 5.41) is 20.4. The van der Waals surface area contributed by atoms with E-state index in [1.165, 1.54) is 20.4 Å². The molecule has 0 aliphatic heterocycles. The Morgan fingerprint density at radius 1 is 0.818 bits per heavy atom. The monoisotopic (exact) mass is 648 g/mol. The molecule has 3 N–H and O–H groups in total. The molecule has 0 radical (unpaired) electrons. The molecule has 2 aromatic carbocycles. The van der Waals surface area contributed by atoms with E-state index >= 15 is 0 Å². The van der Waals surface area contributed by atoms with E-state index in [1.807, 2.05) is 60.1 Å². The van der Waals surface area contributed by atoms with Gasteiger partial charge >= 0.3 is 0 Å². The highest BCUT2D eigenvalue weighted by Gasteiger charge is 2.24. The maximum absolute atomic E-state index is 12.3. The Kier molecular flexibility index (Phi) is 13.1. The highest BCUT2D eigenvalue weighted by molar-refractivity contribution is 7.90. The minimum atomic E-state index is -3.56. The van der Waals surface area contributed by atoms with E-state index in [4.69, 9.17) is 14.7 Å². The molecule has 13 nitrogen and oxygen atoms in total. The first-order chi connectivity index (χ1) is 21.0. The van der Waals surface area contributed by atoms with Crippen LogP contribution in [0.3, 0.4) is 0 Å². The van der Waals surface area contributed by atoms with Gasteiger partial charge in [-0.25, -0.2) is 21.9 Å². The van der Waals surface area contributed by atoms with Gasteiger partial charge in [0.05, 0.1) is 59.3 Å². The minimum Gasteiger partial charge on any atom is -0.383 e. The molecule has 44 heavy (non-hydrogen) atoms. The van der Waals surface area contributed by atoms with Crippen LogP contribution in [0.1, 0.15) is 11.1 Å². The molecule has 0 fully saturated rings. The fourth-order valence-electron chi connectivity index (χ4n) is 4.42. The maximum Gasteiger partial charge on any atom is 0.233 e. The van der Waals surface area contributed by atoms with Crippen LogP contribution in [0.25, 0.3) is 21.8 Å². The van der Waals surface area contributed by atoms with Crippen LogP contribution in [0.2, 0.25) is 0 Å². The van der Waals surface area contributed by atoms with E-state index < -0.39 is 37.5 Å². The van der Waals surface area contributed by atoms with Gasteiger partial charge in [0, 0.05) is 37.4 Å². The number of hydroxylamine groups is 3. The molecule has 2 aromatic heterocycles. The first kappa shape index (κ1) is 34.9. The van der Waals surface area contributed by atoms with Gasteiger partial charge in [-0.1, -0.05) is 36.4 Å². The summed E-state index contributed by atoms with van der Waals surface area (Å²) < 4.78 is 58.6. The number of benzene rings is 2. The first-order valence-electron chi connectivity index (χ1n) is 13.4. The van der Waals surface area contributed by atoms with Crippen LogP contribution >= 0.6 is 0 Å². The molecule has 0 bridgehead atoms. The average Bonchev–Trinajstić information content (AvgIpc) is 2.99. The average molecular weight is 649 g/mol. The maximum atomic E-state index is 12.3. The third-order valence-corrected chi connectivity index (χ3v) is 9.71. The Hall–Kier alpha value is -3.57. The lowest BCUT2D eigenvalue weighted by Crippen LogP contribution is -2.40. The number of sulfone groups is 2. The summed E-state index contributed by atoms with van der Waals surface area (Å²) in [5.74, 6) is -0.947. The second kappa shape index (κ2) is 16.5. The Labute approximate surface area is 256 Å². The molecule has 0 aliphatic rings. The van der Waals surface area contributed by atoms with Gasteiger partial charge in [-0.2, -0.15) is 5.48 Å². The van der Waals surface area contributed by atoms with Crippen LogP contribution in [0.4, 0.5) is 0 Å². The molecule has 4 aromatic rings. The number of hydrogen-bond donors (Lipinski definition) is 3. The molecule has 4 rings (SSSR count). The minimum absolute atomic E-state index is 0.0789. The van der Waals surface area contributed by atoms with E-state index in [9.17, 15) is 26.8 Å². The highest BCUT2D eigenvalue weighted by atomic mass is 32.2. The third-order valence-electron chi connectivity index (χ3n) is 6.36. The van der Waals surface area contributed by atoms with E-state index in [2.05, 4.69) is 9.97 Å². The molecule has 2 heterocycles. The van der Waals surface area contributed by atoms with E-state index in [0.29, 0.717) is 16.2 Å². The van der Waals surface area contributed by atoms with Gasteiger partial charge in [0.15, 0.2) is 19.7 Å². The van der Waals surface area contributed by atoms with Crippen molar-refractivity contribution in [2.24, 2.45) is 0 Å². The molecular weight excluding hydrogens is 612 g/mol. The first-order valence-corrected chi connectivity index (χ1v) is 17.0. The van der Waals surface area contributed by atoms with Gasteiger partial charge in [0.1, 0.15) is 0 Å².